The first-order chi connectivity index (χ1) is 18.1. The maximum atomic E-state index is 12.6. The van der Waals surface area contributed by atoms with E-state index in [1.807, 2.05) is 6.07 Å². The average molecular weight is 500 g/mol. The summed E-state index contributed by atoms with van der Waals surface area (Å²) in [5, 5.41) is 6.67. The Morgan fingerprint density at radius 2 is 1.76 bits per heavy atom. The van der Waals surface area contributed by atoms with Gasteiger partial charge in [-0.05, 0) is 42.3 Å². The zero-order chi connectivity index (χ0) is 25.6. The van der Waals surface area contributed by atoms with Crippen molar-refractivity contribution in [1.82, 2.24) is 20.2 Å². The molecule has 1 aromatic heterocycles. The molecule has 9 heteroatoms. The molecule has 5 rings (SSSR count). The molecule has 0 saturated carbocycles. The van der Waals surface area contributed by atoms with Gasteiger partial charge in [0.15, 0.2) is 11.5 Å². The van der Waals surface area contributed by atoms with Crippen molar-refractivity contribution in [3.63, 3.8) is 0 Å². The summed E-state index contributed by atoms with van der Waals surface area (Å²) in [4.78, 5) is 23.5. The summed E-state index contributed by atoms with van der Waals surface area (Å²) in [6.07, 6.45) is 2.37. The fraction of sp³-hybridized carbons (Fsp3) is 0.250. The Labute approximate surface area is 215 Å². The number of hydrogen-bond donors (Lipinski definition) is 2. The van der Waals surface area contributed by atoms with Gasteiger partial charge in [-0.25, -0.2) is 14.8 Å². The Morgan fingerprint density at radius 1 is 1.00 bits per heavy atom. The van der Waals surface area contributed by atoms with Crippen molar-refractivity contribution in [2.75, 3.05) is 32.6 Å². The number of urea groups is 1. The third kappa shape index (κ3) is 5.90. The highest BCUT2D eigenvalue weighted by Crippen LogP contribution is 2.35. The predicted octanol–water partition coefficient (Wildman–Crippen LogP) is 4.84. The molecule has 0 aliphatic carbocycles. The molecule has 9 nitrogen and oxygen atoms in total. The first-order valence-corrected chi connectivity index (χ1v) is 12.1. The van der Waals surface area contributed by atoms with Crippen LogP contribution in [0.4, 0.5) is 10.5 Å². The number of anilines is 1. The molecule has 1 saturated heterocycles. The van der Waals surface area contributed by atoms with Gasteiger partial charge < -0.3 is 24.8 Å². The molecule has 0 unspecified atom stereocenters. The Kier molecular flexibility index (Phi) is 7.32. The van der Waals surface area contributed by atoms with Crippen LogP contribution in [0.2, 0.25) is 0 Å². The number of likely N-dealkylation sites (tertiary alicyclic amines) is 1. The van der Waals surface area contributed by atoms with Crippen LogP contribution in [0.5, 0.6) is 23.1 Å². The van der Waals surface area contributed by atoms with E-state index in [2.05, 4.69) is 49.8 Å². The molecule has 0 spiro atoms. The van der Waals surface area contributed by atoms with Gasteiger partial charge in [-0.15, -0.1) is 0 Å². The van der Waals surface area contributed by atoms with Gasteiger partial charge in [-0.2, -0.15) is 0 Å². The minimum Gasteiger partial charge on any atom is -0.493 e. The number of rotatable bonds is 8. The number of ether oxygens (including phenoxy) is 3. The van der Waals surface area contributed by atoms with Crippen LogP contribution in [0.1, 0.15) is 12.0 Å². The first-order valence-electron chi connectivity index (χ1n) is 12.1. The largest absolute Gasteiger partial charge is 0.493 e. The molecular weight excluding hydrogens is 470 g/mol. The zero-order valence-corrected chi connectivity index (χ0v) is 20.8. The van der Waals surface area contributed by atoms with Crippen LogP contribution >= 0.6 is 0 Å². The summed E-state index contributed by atoms with van der Waals surface area (Å²) >= 11 is 0. The first kappa shape index (κ1) is 24.3. The van der Waals surface area contributed by atoms with E-state index in [1.54, 1.807) is 50.6 Å². The van der Waals surface area contributed by atoms with Crippen LogP contribution in [-0.4, -0.2) is 54.2 Å². The molecule has 1 fully saturated rings. The molecule has 0 bridgehead atoms. The normalized spacial score (nSPS) is 15.4. The molecule has 4 aromatic rings. The molecule has 190 valence electrons. The lowest BCUT2D eigenvalue weighted by molar-refractivity contribution is 0.247. The summed E-state index contributed by atoms with van der Waals surface area (Å²) in [6.45, 7) is 2.69. The van der Waals surface area contributed by atoms with Crippen molar-refractivity contribution in [2.45, 2.75) is 19.0 Å². The Balaban J connectivity index is 1.17. The van der Waals surface area contributed by atoms with Gasteiger partial charge in [0, 0.05) is 37.4 Å². The molecule has 2 N–H and O–H groups in total. The Morgan fingerprint density at radius 3 is 2.51 bits per heavy atom. The van der Waals surface area contributed by atoms with Gasteiger partial charge in [0.05, 0.1) is 25.1 Å². The lowest BCUT2D eigenvalue weighted by atomic mass is 10.2. The highest BCUT2D eigenvalue weighted by Gasteiger charge is 2.23. The summed E-state index contributed by atoms with van der Waals surface area (Å²) in [7, 11) is 3.15. The molecule has 0 radical (unpaired) electrons. The van der Waals surface area contributed by atoms with Crippen molar-refractivity contribution < 1.29 is 19.0 Å². The van der Waals surface area contributed by atoms with Crippen molar-refractivity contribution in [2.24, 2.45) is 0 Å². The van der Waals surface area contributed by atoms with Gasteiger partial charge in [-0.3, -0.25) is 4.90 Å². The number of fused-ring (bicyclic) bond motifs is 1. The maximum absolute atomic E-state index is 12.6. The van der Waals surface area contributed by atoms with Crippen molar-refractivity contribution >= 4 is 22.6 Å². The lowest BCUT2D eigenvalue weighted by Gasteiger charge is -2.17. The van der Waals surface area contributed by atoms with E-state index in [0.29, 0.717) is 39.7 Å². The molecular formula is C28H29N5O4. The lowest BCUT2D eigenvalue weighted by Crippen LogP contribution is -2.39. The van der Waals surface area contributed by atoms with E-state index in [9.17, 15) is 4.79 Å². The van der Waals surface area contributed by atoms with E-state index in [1.165, 1.54) is 11.9 Å². The Bertz CT molecular complexity index is 1360. The molecule has 3 aromatic carbocycles. The van der Waals surface area contributed by atoms with E-state index in [-0.39, 0.29) is 12.1 Å². The third-order valence-corrected chi connectivity index (χ3v) is 6.29. The number of nitrogens with zero attached hydrogens (tertiary/aromatic N) is 3. The second kappa shape index (κ2) is 11.1. The predicted molar refractivity (Wildman–Crippen MR) is 141 cm³/mol. The summed E-state index contributed by atoms with van der Waals surface area (Å²) < 4.78 is 16.8. The van der Waals surface area contributed by atoms with Crippen LogP contribution < -0.4 is 24.8 Å². The van der Waals surface area contributed by atoms with Gasteiger partial charge in [0.25, 0.3) is 0 Å². The molecule has 2 amide bonds. The number of nitrogens with one attached hydrogen (secondary N) is 2. The van der Waals surface area contributed by atoms with Crippen LogP contribution in [-0.2, 0) is 6.54 Å². The standard InChI is InChI=1S/C28H29N5O4/c1-35-25-14-23-24(15-26(25)36-2)29-18-30-27(23)37-22-10-8-20(9-11-22)31-28(34)32-21-12-13-33(17-21)16-19-6-4-3-5-7-19/h3-11,14-15,18,21H,12-13,16-17H2,1-2H3,(H2,31,32,34)/t21-/m1/s1. The fourth-order valence-electron chi connectivity index (χ4n) is 4.45. The van der Waals surface area contributed by atoms with Crippen LogP contribution in [0.15, 0.2) is 73.1 Å². The average Bonchev–Trinajstić information content (AvgIpc) is 3.36. The summed E-state index contributed by atoms with van der Waals surface area (Å²) in [6, 6.07) is 21.0. The number of aromatic nitrogens is 2. The van der Waals surface area contributed by atoms with Gasteiger partial charge >= 0.3 is 6.03 Å². The third-order valence-electron chi connectivity index (χ3n) is 6.29. The van der Waals surface area contributed by atoms with Crippen molar-refractivity contribution in [1.29, 1.82) is 0 Å². The summed E-state index contributed by atoms with van der Waals surface area (Å²) in [5.74, 6) is 2.11. The van der Waals surface area contributed by atoms with Gasteiger partial charge in [0.1, 0.15) is 12.1 Å². The fourth-order valence-corrected chi connectivity index (χ4v) is 4.45. The highest BCUT2D eigenvalue weighted by molar-refractivity contribution is 5.89. The number of benzene rings is 3. The molecule has 1 aliphatic heterocycles. The minimum atomic E-state index is -0.219. The second-order valence-corrected chi connectivity index (χ2v) is 8.83. The van der Waals surface area contributed by atoms with Gasteiger partial charge in [-0.1, -0.05) is 30.3 Å². The zero-order valence-electron chi connectivity index (χ0n) is 20.8. The molecule has 37 heavy (non-hydrogen) atoms. The van der Waals surface area contributed by atoms with Crippen LogP contribution in [0, 0.1) is 0 Å². The SMILES string of the molecule is COc1cc2ncnc(Oc3ccc(NC(=O)N[C@@H]4CCN(Cc5ccccc5)C4)cc3)c2cc1OC. The molecule has 1 atom stereocenters. The van der Waals surface area contributed by atoms with Crippen molar-refractivity contribution in [3.8, 4) is 23.1 Å². The minimum absolute atomic E-state index is 0.118. The van der Waals surface area contributed by atoms with Crippen molar-refractivity contribution in [3.05, 3.63) is 78.6 Å². The number of carbonyl (C=O) groups excluding carboxylic acids is 1. The summed E-state index contributed by atoms with van der Waals surface area (Å²) in [5.41, 5.74) is 2.62. The number of hydrogen-bond acceptors (Lipinski definition) is 7. The monoisotopic (exact) mass is 499 g/mol. The smallest absolute Gasteiger partial charge is 0.319 e. The van der Waals surface area contributed by atoms with Crippen LogP contribution in [0.25, 0.3) is 10.9 Å². The van der Waals surface area contributed by atoms with E-state index in [0.717, 1.165) is 26.1 Å². The number of amides is 2. The van der Waals surface area contributed by atoms with E-state index in [4.69, 9.17) is 14.2 Å². The topological polar surface area (TPSA) is 97.8 Å². The van der Waals surface area contributed by atoms with Gasteiger partial charge in [0.2, 0.25) is 5.88 Å². The quantitative estimate of drug-likeness (QED) is 0.358. The molecule has 2 heterocycles. The highest BCUT2D eigenvalue weighted by atomic mass is 16.5. The van der Waals surface area contributed by atoms with E-state index >= 15 is 0 Å². The second-order valence-electron chi connectivity index (χ2n) is 8.83. The number of methoxy groups -OCH3 is 2. The maximum Gasteiger partial charge on any atom is 0.319 e. The Hall–Kier alpha value is -4.37. The van der Waals surface area contributed by atoms with E-state index < -0.39 is 0 Å². The number of carbonyl (C=O) groups is 1. The van der Waals surface area contributed by atoms with Crippen LogP contribution in [0.3, 0.4) is 0 Å². The molecule has 1 aliphatic rings.